The van der Waals surface area contributed by atoms with Crippen LogP contribution in [-0.2, 0) is 0 Å². The lowest BCUT2D eigenvalue weighted by molar-refractivity contribution is 0.174. The number of thiazole rings is 1. The number of hydrogen-bond donors (Lipinski definition) is 1. The monoisotopic (exact) mass is 322 g/mol. The molecule has 0 bridgehead atoms. The lowest BCUT2D eigenvalue weighted by Gasteiger charge is -2.17. The van der Waals surface area contributed by atoms with E-state index in [0.717, 1.165) is 16.3 Å². The largest absolute Gasteiger partial charge is 0.454 e. The fourth-order valence-electron chi connectivity index (χ4n) is 2.45. The van der Waals surface area contributed by atoms with Gasteiger partial charge in [-0.1, -0.05) is 11.6 Å². The Kier molecular flexibility index (Phi) is 3.28. The minimum Gasteiger partial charge on any atom is -0.454 e. The molecule has 2 aliphatic rings. The van der Waals surface area contributed by atoms with Crippen molar-refractivity contribution in [3.8, 4) is 11.5 Å². The highest BCUT2D eigenvalue weighted by Crippen LogP contribution is 2.42. The maximum atomic E-state index is 6.31. The standard InChI is InChI=1S/C15H15ClN2O2S/c1-8-6-21-15(17-8)13(18-10-2-3-10)9-4-11(16)14-12(5-9)19-7-20-14/h4-6,10,13,18H,2-3,7H2,1H3. The van der Waals surface area contributed by atoms with E-state index in [9.17, 15) is 0 Å². The molecule has 1 N–H and O–H groups in total. The smallest absolute Gasteiger partial charge is 0.231 e. The predicted molar refractivity (Wildman–Crippen MR) is 82.4 cm³/mol. The summed E-state index contributed by atoms with van der Waals surface area (Å²) in [5.41, 5.74) is 2.12. The van der Waals surface area contributed by atoms with Gasteiger partial charge in [-0.15, -0.1) is 11.3 Å². The first-order valence-electron chi connectivity index (χ1n) is 6.98. The summed E-state index contributed by atoms with van der Waals surface area (Å²) in [5.74, 6) is 1.36. The number of halogens is 1. The van der Waals surface area contributed by atoms with Crippen LogP contribution in [0.15, 0.2) is 17.5 Å². The maximum Gasteiger partial charge on any atom is 0.231 e. The molecule has 4 rings (SSSR count). The van der Waals surface area contributed by atoms with E-state index in [1.165, 1.54) is 12.8 Å². The molecule has 1 aliphatic heterocycles. The van der Waals surface area contributed by atoms with E-state index < -0.39 is 0 Å². The van der Waals surface area contributed by atoms with Crippen LogP contribution in [0.2, 0.25) is 5.02 Å². The zero-order valence-electron chi connectivity index (χ0n) is 11.6. The average Bonchev–Trinajstić information content (AvgIpc) is 2.96. The molecule has 4 nitrogen and oxygen atoms in total. The molecule has 1 aromatic carbocycles. The van der Waals surface area contributed by atoms with Crippen molar-refractivity contribution < 1.29 is 9.47 Å². The quantitative estimate of drug-likeness (QED) is 0.932. The van der Waals surface area contributed by atoms with Gasteiger partial charge in [0.2, 0.25) is 6.79 Å². The normalized spacial score (nSPS) is 18.0. The summed E-state index contributed by atoms with van der Waals surface area (Å²) in [6, 6.07) is 4.59. The van der Waals surface area contributed by atoms with Gasteiger partial charge in [-0.3, -0.25) is 0 Å². The van der Waals surface area contributed by atoms with Crippen molar-refractivity contribution in [2.75, 3.05) is 6.79 Å². The Hall–Kier alpha value is -1.30. The van der Waals surface area contributed by atoms with Gasteiger partial charge < -0.3 is 14.8 Å². The molecule has 1 atom stereocenters. The number of benzene rings is 1. The first-order valence-corrected chi connectivity index (χ1v) is 8.23. The molecule has 1 unspecified atom stereocenters. The number of nitrogens with zero attached hydrogens (tertiary/aromatic N) is 1. The summed E-state index contributed by atoms with van der Waals surface area (Å²) in [5, 5.41) is 7.38. The Morgan fingerprint density at radius 3 is 2.95 bits per heavy atom. The molecule has 2 heterocycles. The van der Waals surface area contributed by atoms with Crippen LogP contribution in [0.3, 0.4) is 0 Å². The van der Waals surface area contributed by atoms with Gasteiger partial charge in [-0.2, -0.15) is 0 Å². The molecule has 110 valence electrons. The summed E-state index contributed by atoms with van der Waals surface area (Å²) >= 11 is 7.99. The molecule has 0 amide bonds. The van der Waals surface area contributed by atoms with Gasteiger partial charge in [-0.05, 0) is 37.5 Å². The summed E-state index contributed by atoms with van der Waals surface area (Å²) in [7, 11) is 0. The van der Waals surface area contributed by atoms with E-state index in [4.69, 9.17) is 21.1 Å². The molecule has 1 aliphatic carbocycles. The van der Waals surface area contributed by atoms with Crippen molar-refractivity contribution >= 4 is 22.9 Å². The van der Waals surface area contributed by atoms with Crippen LogP contribution in [0.5, 0.6) is 11.5 Å². The van der Waals surface area contributed by atoms with Crippen molar-refractivity contribution in [2.24, 2.45) is 0 Å². The molecular formula is C15H15ClN2O2S. The highest BCUT2D eigenvalue weighted by Gasteiger charge is 2.29. The van der Waals surface area contributed by atoms with Gasteiger partial charge in [0.25, 0.3) is 0 Å². The van der Waals surface area contributed by atoms with E-state index in [0.29, 0.717) is 22.6 Å². The molecule has 6 heteroatoms. The highest BCUT2D eigenvalue weighted by atomic mass is 35.5. The third-order valence-electron chi connectivity index (χ3n) is 3.65. The zero-order chi connectivity index (χ0) is 14.4. The summed E-state index contributed by atoms with van der Waals surface area (Å²) in [4.78, 5) is 4.63. The number of rotatable bonds is 4. The van der Waals surface area contributed by atoms with E-state index in [1.54, 1.807) is 11.3 Å². The van der Waals surface area contributed by atoms with Crippen LogP contribution in [0.25, 0.3) is 0 Å². The summed E-state index contributed by atoms with van der Waals surface area (Å²) in [6.45, 7) is 2.25. The zero-order valence-corrected chi connectivity index (χ0v) is 13.1. The van der Waals surface area contributed by atoms with Crippen molar-refractivity contribution in [3.05, 3.63) is 38.8 Å². The Bertz CT molecular complexity index is 684. The molecule has 0 spiro atoms. The first-order chi connectivity index (χ1) is 10.2. The summed E-state index contributed by atoms with van der Waals surface area (Å²) in [6.07, 6.45) is 2.44. The van der Waals surface area contributed by atoms with Crippen molar-refractivity contribution in [3.63, 3.8) is 0 Å². The minimum absolute atomic E-state index is 0.0585. The molecule has 1 saturated carbocycles. The topological polar surface area (TPSA) is 43.4 Å². The SMILES string of the molecule is Cc1csc(C(NC2CC2)c2cc(Cl)c3c(c2)OCO3)n1. The van der Waals surface area contributed by atoms with Crippen molar-refractivity contribution in [1.29, 1.82) is 0 Å². The second kappa shape index (κ2) is 5.16. The van der Waals surface area contributed by atoms with Gasteiger partial charge >= 0.3 is 0 Å². The lowest BCUT2D eigenvalue weighted by Crippen LogP contribution is -2.24. The van der Waals surface area contributed by atoms with Gasteiger partial charge in [0.1, 0.15) is 5.01 Å². The van der Waals surface area contributed by atoms with E-state index >= 15 is 0 Å². The van der Waals surface area contributed by atoms with E-state index in [-0.39, 0.29) is 12.8 Å². The number of ether oxygens (including phenoxy) is 2. The first kappa shape index (κ1) is 13.4. The van der Waals surface area contributed by atoms with Crippen LogP contribution in [0.4, 0.5) is 0 Å². The molecule has 1 aromatic heterocycles. The second-order valence-electron chi connectivity index (χ2n) is 5.44. The van der Waals surface area contributed by atoms with Gasteiger partial charge in [0, 0.05) is 17.1 Å². The van der Waals surface area contributed by atoms with Crippen LogP contribution in [0, 0.1) is 6.92 Å². The summed E-state index contributed by atoms with van der Waals surface area (Å²) < 4.78 is 10.9. The van der Waals surface area contributed by atoms with Gasteiger partial charge in [-0.25, -0.2) is 4.98 Å². The fourth-order valence-corrected chi connectivity index (χ4v) is 3.61. The van der Waals surface area contributed by atoms with Crippen molar-refractivity contribution in [2.45, 2.75) is 31.8 Å². The van der Waals surface area contributed by atoms with Crippen LogP contribution in [-0.4, -0.2) is 17.8 Å². The third-order valence-corrected chi connectivity index (χ3v) is 4.95. The number of fused-ring (bicyclic) bond motifs is 1. The van der Waals surface area contributed by atoms with E-state index in [1.807, 2.05) is 19.1 Å². The fraction of sp³-hybridized carbons (Fsp3) is 0.400. The number of aromatic nitrogens is 1. The Morgan fingerprint density at radius 1 is 1.38 bits per heavy atom. The maximum absolute atomic E-state index is 6.31. The second-order valence-corrected chi connectivity index (χ2v) is 6.73. The highest BCUT2D eigenvalue weighted by molar-refractivity contribution is 7.09. The van der Waals surface area contributed by atoms with Gasteiger partial charge in [0.05, 0.1) is 11.1 Å². The van der Waals surface area contributed by atoms with Crippen LogP contribution < -0.4 is 14.8 Å². The number of hydrogen-bond acceptors (Lipinski definition) is 5. The van der Waals surface area contributed by atoms with E-state index in [2.05, 4.69) is 15.7 Å². The van der Waals surface area contributed by atoms with Gasteiger partial charge in [0.15, 0.2) is 11.5 Å². The number of nitrogens with one attached hydrogen (secondary N) is 1. The molecule has 1 fully saturated rings. The Morgan fingerprint density at radius 2 is 2.24 bits per heavy atom. The van der Waals surface area contributed by atoms with Crippen LogP contribution in [0.1, 0.15) is 35.1 Å². The molecule has 21 heavy (non-hydrogen) atoms. The lowest BCUT2D eigenvalue weighted by atomic mass is 10.1. The molecule has 0 saturated heterocycles. The molecule has 2 aromatic rings. The van der Waals surface area contributed by atoms with Crippen molar-refractivity contribution in [1.82, 2.24) is 10.3 Å². The molecule has 0 radical (unpaired) electrons. The Labute approximate surface area is 132 Å². The Balaban J connectivity index is 1.74. The predicted octanol–water partition coefficient (Wildman–Crippen LogP) is 3.68. The third kappa shape index (κ3) is 2.61. The molecular weight excluding hydrogens is 308 g/mol. The average molecular weight is 323 g/mol. The minimum atomic E-state index is 0.0585. The number of aryl methyl sites for hydroxylation is 1. The van der Waals surface area contributed by atoms with Crippen LogP contribution >= 0.6 is 22.9 Å².